The van der Waals surface area contributed by atoms with Crippen LogP contribution in [0.2, 0.25) is 5.02 Å². The molecule has 0 radical (unpaired) electrons. The van der Waals surface area contributed by atoms with Crippen LogP contribution in [0.4, 0.5) is 0 Å². The van der Waals surface area contributed by atoms with E-state index in [-0.39, 0.29) is 21.6 Å². The van der Waals surface area contributed by atoms with Gasteiger partial charge in [0.1, 0.15) is 4.70 Å². The number of aromatic amines is 1. The number of aromatic nitrogens is 2. The van der Waals surface area contributed by atoms with Gasteiger partial charge in [0.2, 0.25) is 5.43 Å². The highest BCUT2D eigenvalue weighted by Gasteiger charge is 2.20. The molecule has 106 valence electrons. The molecule has 0 spiro atoms. The van der Waals surface area contributed by atoms with Gasteiger partial charge in [0.15, 0.2) is 11.4 Å². The van der Waals surface area contributed by atoms with E-state index in [0.29, 0.717) is 10.6 Å². The summed E-state index contributed by atoms with van der Waals surface area (Å²) >= 11 is 6.88. The van der Waals surface area contributed by atoms with Crippen LogP contribution in [0.1, 0.15) is 10.5 Å². The Morgan fingerprint density at radius 2 is 2.10 bits per heavy atom. The summed E-state index contributed by atoms with van der Waals surface area (Å²) in [7, 11) is 0. The van der Waals surface area contributed by atoms with Crippen molar-refractivity contribution in [2.75, 3.05) is 0 Å². The minimum Gasteiger partial charge on any atom is -0.503 e. The minimum absolute atomic E-state index is 0.0413. The zero-order valence-corrected chi connectivity index (χ0v) is 12.0. The minimum atomic E-state index is -0.757. The van der Waals surface area contributed by atoms with Crippen LogP contribution in [0.25, 0.3) is 21.5 Å². The predicted octanol–water partition coefficient (Wildman–Crippen LogP) is 2.11. The van der Waals surface area contributed by atoms with Crippen molar-refractivity contribution < 1.29 is 9.90 Å². The summed E-state index contributed by atoms with van der Waals surface area (Å²) in [6, 6.07) is 6.70. The Labute approximate surface area is 127 Å². The second-order valence-electron chi connectivity index (χ2n) is 4.26. The lowest BCUT2D eigenvalue weighted by molar-refractivity contribution is 0.0998. The van der Waals surface area contributed by atoms with E-state index in [0.717, 1.165) is 11.5 Å². The van der Waals surface area contributed by atoms with E-state index in [1.54, 1.807) is 24.3 Å². The topological polar surface area (TPSA) is 109 Å². The van der Waals surface area contributed by atoms with E-state index in [4.69, 9.17) is 17.3 Å². The van der Waals surface area contributed by atoms with Gasteiger partial charge < -0.3 is 15.8 Å². The molecule has 0 aliphatic heterocycles. The number of primary amides is 1. The van der Waals surface area contributed by atoms with Crippen LogP contribution in [0.3, 0.4) is 0 Å². The summed E-state index contributed by atoms with van der Waals surface area (Å²) in [6.07, 6.45) is 0. The molecule has 2 heterocycles. The molecule has 0 unspecified atom stereocenters. The van der Waals surface area contributed by atoms with E-state index < -0.39 is 17.1 Å². The lowest BCUT2D eigenvalue weighted by Crippen LogP contribution is -2.13. The smallest absolute Gasteiger partial charge is 0.270 e. The van der Waals surface area contributed by atoms with Gasteiger partial charge in [-0.05, 0) is 17.6 Å². The highest BCUT2D eigenvalue weighted by molar-refractivity contribution is 7.13. The zero-order valence-electron chi connectivity index (χ0n) is 10.4. The number of carbonyl (C=O) groups excluding carboxylic acids is 1. The van der Waals surface area contributed by atoms with E-state index >= 15 is 0 Å². The fourth-order valence-electron chi connectivity index (χ4n) is 1.99. The number of amides is 1. The fraction of sp³-hybridized carbons (Fsp3) is 0. The van der Waals surface area contributed by atoms with Crippen molar-refractivity contribution in [3.05, 3.63) is 45.2 Å². The number of benzene rings is 1. The molecule has 8 heteroatoms. The number of pyridine rings is 1. The molecule has 4 N–H and O–H groups in total. The Hall–Kier alpha value is -2.38. The van der Waals surface area contributed by atoms with Crippen molar-refractivity contribution in [1.82, 2.24) is 9.36 Å². The number of rotatable bonds is 2. The van der Waals surface area contributed by atoms with Crippen molar-refractivity contribution >= 4 is 39.3 Å². The summed E-state index contributed by atoms with van der Waals surface area (Å²) in [5.74, 6) is -1.23. The Morgan fingerprint density at radius 3 is 2.76 bits per heavy atom. The molecule has 0 aliphatic carbocycles. The maximum atomic E-state index is 12.2. The largest absolute Gasteiger partial charge is 0.503 e. The summed E-state index contributed by atoms with van der Waals surface area (Å²) in [5.41, 5.74) is 5.33. The second kappa shape index (κ2) is 4.87. The molecule has 6 nitrogen and oxygen atoms in total. The van der Waals surface area contributed by atoms with Crippen LogP contribution in [-0.2, 0) is 0 Å². The van der Waals surface area contributed by atoms with Crippen molar-refractivity contribution in [2.24, 2.45) is 5.73 Å². The Morgan fingerprint density at radius 1 is 1.38 bits per heavy atom. The first-order chi connectivity index (χ1) is 10.0. The number of fused-ring (bicyclic) bond motifs is 1. The third-order valence-corrected chi connectivity index (χ3v) is 4.15. The molecule has 1 amide bonds. The van der Waals surface area contributed by atoms with Crippen LogP contribution in [0.15, 0.2) is 29.1 Å². The van der Waals surface area contributed by atoms with Gasteiger partial charge >= 0.3 is 0 Å². The number of halogens is 1. The number of carbonyl (C=O) groups is 1. The third kappa shape index (κ3) is 2.07. The number of H-pyrrole nitrogens is 1. The van der Waals surface area contributed by atoms with Crippen LogP contribution < -0.4 is 11.2 Å². The van der Waals surface area contributed by atoms with E-state index in [2.05, 4.69) is 9.36 Å². The summed E-state index contributed by atoms with van der Waals surface area (Å²) < 4.78 is 3.98. The Bertz CT molecular complexity index is 932. The van der Waals surface area contributed by atoms with Crippen LogP contribution in [-0.4, -0.2) is 20.4 Å². The number of nitrogens with two attached hydrogens (primary N) is 1. The Kier molecular flexibility index (Phi) is 3.15. The van der Waals surface area contributed by atoms with Crippen molar-refractivity contribution in [1.29, 1.82) is 0 Å². The average molecular weight is 322 g/mol. The van der Waals surface area contributed by atoms with Crippen LogP contribution in [0.5, 0.6) is 5.75 Å². The molecule has 1 aromatic carbocycles. The van der Waals surface area contributed by atoms with Gasteiger partial charge in [-0.1, -0.05) is 29.8 Å². The van der Waals surface area contributed by atoms with Gasteiger partial charge in [-0.25, -0.2) is 0 Å². The number of nitrogens with zero attached hydrogens (tertiary/aromatic N) is 1. The van der Waals surface area contributed by atoms with Crippen molar-refractivity contribution in [3.63, 3.8) is 0 Å². The summed E-state index contributed by atoms with van der Waals surface area (Å²) in [5, 5.41) is 10.4. The monoisotopic (exact) mass is 321 g/mol. The van der Waals surface area contributed by atoms with Crippen LogP contribution >= 0.6 is 23.1 Å². The first-order valence-corrected chi connectivity index (χ1v) is 6.95. The highest BCUT2D eigenvalue weighted by atomic mass is 35.5. The normalized spacial score (nSPS) is 10.9. The van der Waals surface area contributed by atoms with Crippen molar-refractivity contribution in [2.45, 2.75) is 0 Å². The standard InChI is InChI=1S/C13H8ClN3O3S/c14-6-4-2-1-3-5(6)7-10(18)11(19)12-8(16-7)9(13(15)20)17-21-12/h1-4,18H,(H2,15,20)(H,16,19). The molecule has 0 atom stereocenters. The zero-order chi connectivity index (χ0) is 15.1. The van der Waals surface area contributed by atoms with Crippen LogP contribution in [0, 0.1) is 0 Å². The molecule has 0 bridgehead atoms. The number of aromatic hydroxyl groups is 1. The summed E-state index contributed by atoms with van der Waals surface area (Å²) in [6.45, 7) is 0. The lowest BCUT2D eigenvalue weighted by Gasteiger charge is -2.07. The Balaban J connectivity index is 2.42. The molecular formula is C13H8ClN3O3S. The van der Waals surface area contributed by atoms with Gasteiger partial charge in [-0.3, -0.25) is 9.59 Å². The second-order valence-corrected chi connectivity index (χ2v) is 5.44. The predicted molar refractivity (Wildman–Crippen MR) is 80.9 cm³/mol. The highest BCUT2D eigenvalue weighted by Crippen LogP contribution is 2.33. The van der Waals surface area contributed by atoms with E-state index in [1.165, 1.54) is 0 Å². The molecular weight excluding hydrogens is 314 g/mol. The maximum Gasteiger partial charge on any atom is 0.270 e. The molecule has 0 fully saturated rings. The molecule has 0 saturated heterocycles. The van der Waals surface area contributed by atoms with Crippen molar-refractivity contribution in [3.8, 4) is 17.0 Å². The lowest BCUT2D eigenvalue weighted by atomic mass is 10.1. The first kappa shape index (κ1) is 13.6. The molecule has 3 aromatic rings. The number of nitrogens with one attached hydrogen (secondary N) is 1. The average Bonchev–Trinajstić information content (AvgIpc) is 2.88. The van der Waals surface area contributed by atoms with E-state index in [9.17, 15) is 14.7 Å². The summed E-state index contributed by atoms with van der Waals surface area (Å²) in [4.78, 5) is 26.4. The first-order valence-electron chi connectivity index (χ1n) is 5.80. The van der Waals surface area contributed by atoms with Gasteiger partial charge in [0.05, 0.1) is 16.2 Å². The molecule has 0 saturated carbocycles. The molecule has 21 heavy (non-hydrogen) atoms. The molecule has 0 aliphatic rings. The van der Waals surface area contributed by atoms with Gasteiger partial charge in [-0.15, -0.1) is 0 Å². The van der Waals surface area contributed by atoms with Gasteiger partial charge in [0, 0.05) is 5.56 Å². The van der Waals surface area contributed by atoms with E-state index in [1.807, 2.05) is 0 Å². The SMILES string of the molecule is NC(=O)c1nsc2c(=O)c(O)c(-c3ccccc3Cl)[nH]c12. The maximum absolute atomic E-state index is 12.2. The van der Waals surface area contributed by atoms with Gasteiger partial charge in [-0.2, -0.15) is 4.37 Å². The molecule has 2 aromatic heterocycles. The fourth-order valence-corrected chi connectivity index (χ4v) is 3.01. The van der Waals surface area contributed by atoms with Gasteiger partial charge in [0.25, 0.3) is 5.91 Å². The quantitative estimate of drug-likeness (QED) is 0.671. The third-order valence-electron chi connectivity index (χ3n) is 2.98. The number of hydrogen-bond acceptors (Lipinski definition) is 5. The number of hydrogen-bond donors (Lipinski definition) is 3. The molecule has 3 rings (SSSR count).